The van der Waals surface area contributed by atoms with Crippen molar-refractivity contribution in [3.8, 4) is 33.4 Å². The molecule has 0 N–H and O–H groups in total. The van der Waals surface area contributed by atoms with Crippen molar-refractivity contribution in [3.05, 3.63) is 352 Å². The Morgan fingerprint density at radius 1 is 0.209 bits per heavy atom. The Balaban J connectivity index is 0.0000000919. The van der Waals surface area contributed by atoms with Crippen molar-refractivity contribution in [2.45, 2.75) is 0 Å². The number of nitrogens with zero attached hydrogens (tertiary/aromatic N) is 8. The maximum Gasteiger partial charge on any atom is 0.165 e. The second-order valence-corrected chi connectivity index (χ2v) is 37.4. The molecule has 0 spiro atoms. The van der Waals surface area contributed by atoms with Crippen molar-refractivity contribution in [2.24, 2.45) is 0 Å². The minimum absolute atomic E-state index is 0.905. The first kappa shape index (κ1) is 68.9. The van der Waals surface area contributed by atoms with Crippen molar-refractivity contribution in [3.63, 3.8) is 0 Å². The highest BCUT2D eigenvalue weighted by molar-refractivity contribution is 7.27. The van der Waals surface area contributed by atoms with Crippen LogP contribution >= 0.6 is 34.0 Å². The summed E-state index contributed by atoms with van der Waals surface area (Å²) in [6, 6.07) is 125. The smallest absolute Gasteiger partial charge is 0.165 e. The number of thiophene rings is 3. The Labute approximate surface area is 739 Å². The highest BCUT2D eigenvalue weighted by Gasteiger charge is 2.30. The molecule has 594 valence electrons. The molecule has 15 aromatic heterocycles. The standard InChI is InChI=1S/C39H20N2OS.2C38H19N3OS/c1-4-10-31-23(7-1)18-29-27-20-28-26-9-3-6-12-35(26)43-38(28)36-30-17-21(14-16-32(30)41(37(27)36)39(29)40-31)22-13-15-25-24-8-2-5-11-33(24)42-34(25)19-22;1-5-14-31-22(8-1)24-11-7-10-21(36(24)42-31)20-16-17-30-26(18-20)33-35-27(19-25-23-9-2-6-15-32(23)43-37(25)33)34-38(41(30)35)40-29-13-4-3-12-28(29)39-34;1-5-11-31-22(7-1)24-17-21(14-16-32(24)42-31)20-13-15-30-26(18-20)34-36-27(19-25-23-8-2-6-12-33(23)43-37(25)34)35-38(41(30)36)40-29-10-4-3-9-28(29)39-35/h1-20H;2*1-19H. The number of para-hydroxylation sites is 9. The summed E-state index contributed by atoms with van der Waals surface area (Å²) >= 11 is 5.64. The van der Waals surface area contributed by atoms with E-state index < -0.39 is 0 Å². The second kappa shape index (κ2) is 25.2. The molecule has 0 aliphatic heterocycles. The molecule has 0 aliphatic carbocycles. The molecule has 15 heterocycles. The van der Waals surface area contributed by atoms with Gasteiger partial charge >= 0.3 is 0 Å². The molecule has 11 nitrogen and oxygen atoms in total. The molecule has 14 heteroatoms. The number of fused-ring (bicyclic) bond motifs is 42. The van der Waals surface area contributed by atoms with Gasteiger partial charge in [-0.05, 0) is 179 Å². The monoisotopic (exact) mass is 1690 g/mol. The zero-order valence-electron chi connectivity index (χ0n) is 68.0. The van der Waals surface area contributed by atoms with Crippen LogP contribution in [-0.2, 0) is 0 Å². The Bertz CT molecular complexity index is 10800. The molecule has 0 saturated carbocycles. The highest BCUT2D eigenvalue weighted by atomic mass is 32.1. The third-order valence-corrected chi connectivity index (χ3v) is 31.1. The van der Waals surface area contributed by atoms with Gasteiger partial charge in [0.25, 0.3) is 0 Å². The topological polar surface area (TPSA) is 117 Å². The minimum Gasteiger partial charge on any atom is -0.456 e. The second-order valence-electron chi connectivity index (χ2n) is 34.3. The number of pyridine rings is 1. The van der Waals surface area contributed by atoms with Gasteiger partial charge in [0.15, 0.2) is 11.3 Å². The molecule has 0 saturated heterocycles. The fourth-order valence-electron chi connectivity index (χ4n) is 21.8. The van der Waals surface area contributed by atoms with E-state index in [0.717, 1.165) is 160 Å². The van der Waals surface area contributed by atoms with E-state index >= 15 is 0 Å². The molecule has 0 atom stereocenters. The largest absolute Gasteiger partial charge is 0.456 e. The first-order valence-corrected chi connectivity index (χ1v) is 45.8. The summed E-state index contributed by atoms with van der Waals surface area (Å²) in [5.74, 6) is 0. The van der Waals surface area contributed by atoms with Crippen LogP contribution in [0.3, 0.4) is 0 Å². The summed E-state index contributed by atoms with van der Waals surface area (Å²) < 4.78 is 33.8. The molecular formula is C115H58N8O3S3. The van der Waals surface area contributed by atoms with E-state index in [4.69, 9.17) is 38.2 Å². The van der Waals surface area contributed by atoms with Gasteiger partial charge in [0.2, 0.25) is 0 Å². The molecule has 33 aromatic rings. The van der Waals surface area contributed by atoms with E-state index in [-0.39, 0.29) is 0 Å². The average Bonchev–Trinajstić information content (AvgIpc) is 1.53. The van der Waals surface area contributed by atoms with Crippen LogP contribution in [0.1, 0.15) is 0 Å². The van der Waals surface area contributed by atoms with Crippen LogP contribution in [0.25, 0.3) is 308 Å². The van der Waals surface area contributed by atoms with Crippen LogP contribution in [-0.4, -0.2) is 38.1 Å². The number of benzene rings is 18. The van der Waals surface area contributed by atoms with Crippen molar-refractivity contribution in [2.75, 3.05) is 0 Å². The molecule has 0 amide bonds. The van der Waals surface area contributed by atoms with Crippen LogP contribution in [0.15, 0.2) is 365 Å². The van der Waals surface area contributed by atoms with Crippen molar-refractivity contribution < 1.29 is 13.3 Å². The van der Waals surface area contributed by atoms with Crippen LogP contribution in [0.5, 0.6) is 0 Å². The van der Waals surface area contributed by atoms with Gasteiger partial charge in [-0.25, -0.2) is 24.9 Å². The third-order valence-electron chi connectivity index (χ3n) is 27.5. The first-order chi connectivity index (χ1) is 63.9. The first-order valence-electron chi connectivity index (χ1n) is 43.4. The van der Waals surface area contributed by atoms with Gasteiger partial charge in [0, 0.05) is 158 Å². The molecule has 0 bridgehead atoms. The minimum atomic E-state index is 0.905. The Hall–Kier alpha value is -16.5. The predicted octanol–water partition coefficient (Wildman–Crippen LogP) is 32.7. The predicted molar refractivity (Wildman–Crippen MR) is 542 cm³/mol. The van der Waals surface area contributed by atoms with Gasteiger partial charge in [-0.15, -0.1) is 34.0 Å². The van der Waals surface area contributed by atoms with Crippen molar-refractivity contribution in [1.29, 1.82) is 0 Å². The molecule has 0 radical (unpaired) electrons. The summed E-state index contributed by atoms with van der Waals surface area (Å²) in [5.41, 5.74) is 29.0. The lowest BCUT2D eigenvalue weighted by molar-refractivity contribution is 0.668. The quantitative estimate of drug-likeness (QED) is 0.172. The molecular weight excluding hydrogens is 1640 g/mol. The van der Waals surface area contributed by atoms with Gasteiger partial charge < -0.3 is 13.3 Å². The highest BCUT2D eigenvalue weighted by Crippen LogP contribution is 2.54. The Morgan fingerprint density at radius 3 is 1.14 bits per heavy atom. The van der Waals surface area contributed by atoms with E-state index in [2.05, 4.69) is 292 Å². The fourth-order valence-corrected chi connectivity index (χ4v) is 25.5. The number of hydrogen-bond donors (Lipinski definition) is 0. The van der Waals surface area contributed by atoms with E-state index in [1.165, 1.54) is 148 Å². The van der Waals surface area contributed by atoms with Gasteiger partial charge in [-0.2, -0.15) is 0 Å². The summed E-state index contributed by atoms with van der Waals surface area (Å²) in [6.45, 7) is 0. The van der Waals surface area contributed by atoms with Gasteiger partial charge in [0.1, 0.15) is 50.2 Å². The molecule has 129 heavy (non-hydrogen) atoms. The molecule has 0 aliphatic rings. The number of furan rings is 3. The Kier molecular flexibility index (Phi) is 13.5. The summed E-state index contributed by atoms with van der Waals surface area (Å²) in [7, 11) is 0. The lowest BCUT2D eigenvalue weighted by atomic mass is 9.99. The zero-order chi connectivity index (χ0) is 83.4. The molecule has 18 aromatic carbocycles. The zero-order valence-corrected chi connectivity index (χ0v) is 70.5. The molecule has 0 unspecified atom stereocenters. The van der Waals surface area contributed by atoms with E-state index in [1.54, 1.807) is 0 Å². The van der Waals surface area contributed by atoms with Crippen LogP contribution in [0, 0.1) is 0 Å². The fraction of sp³-hybridized carbons (Fsp3) is 0. The number of hydrogen-bond acceptors (Lipinski definition) is 11. The summed E-state index contributed by atoms with van der Waals surface area (Å²) in [6.07, 6.45) is 0. The lowest BCUT2D eigenvalue weighted by Gasteiger charge is -2.05. The summed E-state index contributed by atoms with van der Waals surface area (Å²) in [4.78, 5) is 26.0. The third kappa shape index (κ3) is 9.38. The van der Waals surface area contributed by atoms with Crippen molar-refractivity contribution >= 4 is 308 Å². The SMILES string of the molecule is c1ccc2nc3c(cc2c1)c1cc2c4ccccc4sc2c2c4cc(-c5ccc6c(c5)oc5ccccc56)ccc4n3c12.c1ccc2nc3c(nc2c1)c1cc2c4ccccc4sc2c2c4cc(-c5ccc6oc7ccccc7c6c5)ccc4n3c12.c1ccc2nc3c(nc2c1)c1cc2c4ccccc4sc2c2c4cc(-c5cccc6c5oc5ccccc56)ccc4n3c12. The normalized spacial score (nSPS) is 12.7. The van der Waals surface area contributed by atoms with E-state index in [9.17, 15) is 0 Å². The number of rotatable bonds is 3. The maximum absolute atomic E-state index is 6.45. The summed E-state index contributed by atoms with van der Waals surface area (Å²) in [5, 5.41) is 28.2. The average molecular weight is 1700 g/mol. The van der Waals surface area contributed by atoms with Gasteiger partial charge in [-0.1, -0.05) is 200 Å². The number of aromatic nitrogens is 8. The molecule has 0 fully saturated rings. The van der Waals surface area contributed by atoms with Crippen LogP contribution < -0.4 is 0 Å². The van der Waals surface area contributed by atoms with Crippen LogP contribution in [0.2, 0.25) is 0 Å². The Morgan fingerprint density at radius 2 is 0.581 bits per heavy atom. The van der Waals surface area contributed by atoms with Gasteiger partial charge in [0.05, 0.1) is 60.7 Å². The lowest BCUT2D eigenvalue weighted by Crippen LogP contribution is -1.89. The maximum atomic E-state index is 6.45. The molecule has 33 rings (SSSR count). The van der Waals surface area contributed by atoms with Crippen molar-refractivity contribution in [1.82, 2.24) is 38.1 Å². The van der Waals surface area contributed by atoms with E-state index in [0.29, 0.717) is 0 Å². The van der Waals surface area contributed by atoms with Crippen LogP contribution in [0.4, 0.5) is 0 Å². The van der Waals surface area contributed by atoms with Gasteiger partial charge in [-0.3, -0.25) is 13.2 Å². The van der Waals surface area contributed by atoms with E-state index in [1.807, 2.05) is 107 Å².